The van der Waals surface area contributed by atoms with E-state index < -0.39 is 17.7 Å². The highest BCUT2D eigenvalue weighted by Gasteiger charge is 2.35. The van der Waals surface area contributed by atoms with Crippen molar-refractivity contribution in [2.75, 3.05) is 11.9 Å². The first-order valence-corrected chi connectivity index (χ1v) is 8.76. The molecule has 5 nitrogen and oxygen atoms in total. The molecule has 0 aliphatic heterocycles. The molecule has 0 aliphatic carbocycles. The number of halogens is 3. The third-order valence-electron chi connectivity index (χ3n) is 3.98. The van der Waals surface area contributed by atoms with Crippen molar-refractivity contribution < 1.29 is 22.7 Å². The van der Waals surface area contributed by atoms with Crippen LogP contribution in [0.15, 0.2) is 79.4 Å². The molecule has 0 fully saturated rings. The van der Waals surface area contributed by atoms with E-state index in [1.54, 1.807) is 49.1 Å². The lowest BCUT2D eigenvalue weighted by Crippen LogP contribution is -2.16. The van der Waals surface area contributed by atoms with Crippen LogP contribution in [0, 0.1) is 0 Å². The van der Waals surface area contributed by atoms with E-state index in [0.29, 0.717) is 25.0 Å². The molecule has 150 valence electrons. The lowest BCUT2D eigenvalue weighted by atomic mass is 10.1. The second-order valence-corrected chi connectivity index (χ2v) is 6.06. The van der Waals surface area contributed by atoms with E-state index in [0.717, 1.165) is 0 Å². The van der Waals surface area contributed by atoms with Crippen LogP contribution < -0.4 is 10.1 Å². The minimum Gasteiger partial charge on any atom is -0.490 e. The fourth-order valence-corrected chi connectivity index (χ4v) is 2.62. The normalized spacial score (nSPS) is 11.9. The molecule has 0 atom stereocenters. The number of anilines is 1. The standard InChI is InChI=1S/C21H18F3N3O2/c22-21(23,24)17(16-6-2-1-3-7-16)14-20(28)26-18-8-4-5-9-19(18)29-13-12-27-11-10-25-15-27/h1-11,14-15H,12-13H2,(H,26,28)/b17-14+. The summed E-state index contributed by atoms with van der Waals surface area (Å²) in [5.41, 5.74) is -0.817. The molecule has 1 heterocycles. The molecule has 0 unspecified atom stereocenters. The Hall–Kier alpha value is -3.55. The van der Waals surface area contributed by atoms with Gasteiger partial charge < -0.3 is 14.6 Å². The summed E-state index contributed by atoms with van der Waals surface area (Å²) in [6.07, 6.45) is 0.955. The zero-order valence-corrected chi connectivity index (χ0v) is 15.3. The number of alkyl halides is 3. The fourth-order valence-electron chi connectivity index (χ4n) is 2.62. The first-order valence-electron chi connectivity index (χ1n) is 8.76. The Morgan fingerprint density at radius 1 is 1.10 bits per heavy atom. The van der Waals surface area contributed by atoms with Crippen molar-refractivity contribution in [2.24, 2.45) is 0 Å². The molecular weight excluding hydrogens is 383 g/mol. The monoisotopic (exact) mass is 401 g/mol. The van der Waals surface area contributed by atoms with Crippen LogP contribution in [0.3, 0.4) is 0 Å². The maximum absolute atomic E-state index is 13.4. The predicted molar refractivity (Wildman–Crippen MR) is 103 cm³/mol. The number of para-hydroxylation sites is 2. The number of nitrogens with one attached hydrogen (secondary N) is 1. The quantitative estimate of drug-likeness (QED) is 0.591. The van der Waals surface area contributed by atoms with E-state index in [4.69, 9.17) is 4.74 Å². The van der Waals surface area contributed by atoms with Crippen molar-refractivity contribution in [1.29, 1.82) is 0 Å². The Morgan fingerprint density at radius 3 is 2.52 bits per heavy atom. The Balaban J connectivity index is 1.73. The summed E-state index contributed by atoms with van der Waals surface area (Å²) < 4.78 is 47.7. The van der Waals surface area contributed by atoms with Crippen molar-refractivity contribution >= 4 is 17.2 Å². The zero-order chi connectivity index (χ0) is 20.7. The van der Waals surface area contributed by atoms with Gasteiger partial charge in [-0.25, -0.2) is 4.98 Å². The highest BCUT2D eigenvalue weighted by atomic mass is 19.4. The summed E-state index contributed by atoms with van der Waals surface area (Å²) in [4.78, 5) is 16.2. The van der Waals surface area contributed by atoms with Crippen LogP contribution in [0.25, 0.3) is 5.57 Å². The van der Waals surface area contributed by atoms with Gasteiger partial charge in [-0.3, -0.25) is 4.79 Å². The molecule has 1 amide bonds. The van der Waals surface area contributed by atoms with E-state index in [-0.39, 0.29) is 11.3 Å². The maximum Gasteiger partial charge on any atom is 0.417 e. The molecule has 29 heavy (non-hydrogen) atoms. The molecule has 0 saturated heterocycles. The average molecular weight is 401 g/mol. The predicted octanol–water partition coefficient (Wildman–Crippen LogP) is 4.55. The SMILES string of the molecule is O=C(/C=C(\c1ccccc1)C(F)(F)F)Nc1ccccc1OCCn1ccnc1. The molecule has 0 spiro atoms. The van der Waals surface area contributed by atoms with Gasteiger partial charge in [0, 0.05) is 18.5 Å². The highest BCUT2D eigenvalue weighted by molar-refractivity contribution is 6.05. The number of hydrogen-bond acceptors (Lipinski definition) is 3. The summed E-state index contributed by atoms with van der Waals surface area (Å²) in [7, 11) is 0. The number of carbonyl (C=O) groups is 1. The second kappa shape index (κ2) is 9.09. The second-order valence-electron chi connectivity index (χ2n) is 6.06. The number of aromatic nitrogens is 2. The van der Waals surface area contributed by atoms with E-state index in [2.05, 4.69) is 10.3 Å². The lowest BCUT2D eigenvalue weighted by molar-refractivity contribution is -0.112. The topological polar surface area (TPSA) is 56.1 Å². The summed E-state index contributed by atoms with van der Waals surface area (Å²) >= 11 is 0. The number of hydrogen-bond donors (Lipinski definition) is 1. The van der Waals surface area contributed by atoms with E-state index in [1.165, 1.54) is 24.3 Å². The van der Waals surface area contributed by atoms with Crippen molar-refractivity contribution in [3.8, 4) is 5.75 Å². The lowest BCUT2D eigenvalue weighted by Gasteiger charge is -2.14. The van der Waals surface area contributed by atoms with Gasteiger partial charge >= 0.3 is 6.18 Å². The van der Waals surface area contributed by atoms with Crippen LogP contribution in [0.5, 0.6) is 5.75 Å². The highest BCUT2D eigenvalue weighted by Crippen LogP contribution is 2.34. The molecule has 8 heteroatoms. The molecule has 1 N–H and O–H groups in total. The molecular formula is C21H18F3N3O2. The molecule has 3 rings (SSSR count). The van der Waals surface area contributed by atoms with E-state index in [1.807, 2.05) is 4.57 Å². The minimum absolute atomic E-state index is 0.0833. The van der Waals surface area contributed by atoms with Gasteiger partial charge in [0.1, 0.15) is 12.4 Å². The number of ether oxygens (including phenoxy) is 1. The van der Waals surface area contributed by atoms with Crippen molar-refractivity contribution in [2.45, 2.75) is 12.7 Å². The van der Waals surface area contributed by atoms with E-state index in [9.17, 15) is 18.0 Å². The van der Waals surface area contributed by atoms with Gasteiger partial charge in [0.05, 0.1) is 24.1 Å². The summed E-state index contributed by atoms with van der Waals surface area (Å²) in [6.45, 7) is 0.839. The number of allylic oxidation sites excluding steroid dienone is 1. The molecule has 1 aromatic heterocycles. The Morgan fingerprint density at radius 2 is 1.83 bits per heavy atom. The Labute approximate surface area is 165 Å². The zero-order valence-electron chi connectivity index (χ0n) is 15.3. The van der Waals surface area contributed by atoms with Gasteiger partial charge in [-0.2, -0.15) is 13.2 Å². The maximum atomic E-state index is 13.4. The summed E-state index contributed by atoms with van der Waals surface area (Å²) in [5, 5.41) is 2.47. The fraction of sp³-hybridized carbons (Fsp3) is 0.143. The van der Waals surface area contributed by atoms with Crippen molar-refractivity contribution in [3.63, 3.8) is 0 Å². The molecule has 0 aliphatic rings. The number of benzene rings is 2. The van der Waals surface area contributed by atoms with Crippen LogP contribution in [-0.2, 0) is 11.3 Å². The third kappa shape index (κ3) is 5.71. The van der Waals surface area contributed by atoms with Crippen LogP contribution in [0.2, 0.25) is 0 Å². The van der Waals surface area contributed by atoms with Crippen molar-refractivity contribution in [1.82, 2.24) is 9.55 Å². The first kappa shape index (κ1) is 20.2. The van der Waals surface area contributed by atoms with Crippen LogP contribution in [-0.4, -0.2) is 28.2 Å². The average Bonchev–Trinajstić information content (AvgIpc) is 3.21. The number of imidazole rings is 1. The summed E-state index contributed by atoms with van der Waals surface area (Å²) in [6, 6.07) is 13.7. The van der Waals surface area contributed by atoms with Gasteiger partial charge in [-0.05, 0) is 17.7 Å². The molecule has 0 saturated carbocycles. The van der Waals surface area contributed by atoms with Gasteiger partial charge in [0.25, 0.3) is 0 Å². The van der Waals surface area contributed by atoms with Gasteiger partial charge in [0.2, 0.25) is 5.91 Å². The Kier molecular flexibility index (Phi) is 6.33. The van der Waals surface area contributed by atoms with Gasteiger partial charge in [-0.15, -0.1) is 0 Å². The number of rotatable bonds is 7. The van der Waals surface area contributed by atoms with Crippen LogP contribution in [0.4, 0.5) is 18.9 Å². The number of amides is 1. The molecule has 2 aromatic carbocycles. The minimum atomic E-state index is -4.67. The Bertz CT molecular complexity index is 968. The van der Waals surface area contributed by atoms with Crippen molar-refractivity contribution in [3.05, 3.63) is 85.0 Å². The van der Waals surface area contributed by atoms with Crippen LogP contribution >= 0.6 is 0 Å². The first-order chi connectivity index (χ1) is 13.9. The van der Waals surface area contributed by atoms with Gasteiger partial charge in [0.15, 0.2) is 0 Å². The third-order valence-corrected chi connectivity index (χ3v) is 3.98. The number of carbonyl (C=O) groups excluding carboxylic acids is 1. The van der Waals surface area contributed by atoms with Crippen LogP contribution in [0.1, 0.15) is 5.56 Å². The molecule has 3 aromatic rings. The van der Waals surface area contributed by atoms with Gasteiger partial charge in [-0.1, -0.05) is 42.5 Å². The molecule has 0 bridgehead atoms. The smallest absolute Gasteiger partial charge is 0.417 e. The number of nitrogens with zero attached hydrogens (tertiary/aromatic N) is 2. The molecule has 0 radical (unpaired) electrons. The van der Waals surface area contributed by atoms with E-state index >= 15 is 0 Å². The summed E-state index contributed by atoms with van der Waals surface area (Å²) in [5.74, 6) is -0.533. The largest absolute Gasteiger partial charge is 0.490 e.